The highest BCUT2D eigenvalue weighted by atomic mass is 35.5. The van der Waals surface area contributed by atoms with Crippen molar-refractivity contribution in [3.05, 3.63) is 68.3 Å². The van der Waals surface area contributed by atoms with Crippen LogP contribution in [0.25, 0.3) is 6.08 Å². The molecular weight excluding hydrogens is 400 g/mol. The summed E-state index contributed by atoms with van der Waals surface area (Å²) in [5, 5.41) is 0.195. The van der Waals surface area contributed by atoms with Gasteiger partial charge in [0.05, 0.1) is 15.0 Å². The van der Waals surface area contributed by atoms with Crippen LogP contribution in [0.5, 0.6) is 5.75 Å². The number of thioether (sulfide) groups is 1. The molecule has 1 fully saturated rings. The molecule has 1 saturated heterocycles. The lowest BCUT2D eigenvalue weighted by Crippen LogP contribution is -2.22. The van der Waals surface area contributed by atoms with Crippen LogP contribution in [0.2, 0.25) is 10.0 Å². The van der Waals surface area contributed by atoms with E-state index in [-0.39, 0.29) is 33.6 Å². The molecule has 0 aliphatic carbocycles. The number of amides is 2. The van der Waals surface area contributed by atoms with Gasteiger partial charge in [0.1, 0.15) is 12.4 Å². The van der Waals surface area contributed by atoms with Crippen molar-refractivity contribution in [3.63, 3.8) is 0 Å². The number of nitrogens with zero attached hydrogens (tertiary/aromatic N) is 1. The maximum atomic E-state index is 12.9. The average Bonchev–Trinajstić information content (AvgIpc) is 2.83. The summed E-state index contributed by atoms with van der Waals surface area (Å²) in [4.78, 5) is 24.8. The number of rotatable bonds is 4. The van der Waals surface area contributed by atoms with Gasteiger partial charge in [-0.2, -0.15) is 0 Å². The number of likely N-dealkylation sites (N-methyl/N-ethyl adjacent to an activating group) is 1. The molecule has 0 spiro atoms. The zero-order valence-corrected chi connectivity index (χ0v) is 15.8. The van der Waals surface area contributed by atoms with Gasteiger partial charge in [0.2, 0.25) is 0 Å². The van der Waals surface area contributed by atoms with E-state index < -0.39 is 0 Å². The van der Waals surface area contributed by atoms with Crippen molar-refractivity contribution in [3.8, 4) is 5.75 Å². The summed E-state index contributed by atoms with van der Waals surface area (Å²) < 4.78 is 18.6. The van der Waals surface area contributed by atoms with Gasteiger partial charge in [-0.3, -0.25) is 14.5 Å². The lowest BCUT2D eigenvalue weighted by atomic mass is 10.2. The number of benzene rings is 2. The summed E-state index contributed by atoms with van der Waals surface area (Å²) in [7, 11) is 1.42. The molecule has 1 aliphatic rings. The van der Waals surface area contributed by atoms with Crippen LogP contribution in [0, 0.1) is 5.82 Å². The molecule has 0 saturated carbocycles. The van der Waals surface area contributed by atoms with Crippen LogP contribution in [0.1, 0.15) is 11.1 Å². The van der Waals surface area contributed by atoms with Crippen LogP contribution < -0.4 is 4.74 Å². The van der Waals surface area contributed by atoms with Gasteiger partial charge >= 0.3 is 0 Å². The second-order valence-electron chi connectivity index (χ2n) is 5.47. The Morgan fingerprint density at radius 2 is 1.77 bits per heavy atom. The first kappa shape index (κ1) is 18.8. The number of carbonyl (C=O) groups is 2. The van der Waals surface area contributed by atoms with Crippen molar-refractivity contribution in [1.29, 1.82) is 0 Å². The number of carbonyl (C=O) groups excluding carboxylic acids is 2. The van der Waals surface area contributed by atoms with Crippen molar-refractivity contribution in [1.82, 2.24) is 4.90 Å². The van der Waals surface area contributed by atoms with Gasteiger partial charge in [-0.1, -0.05) is 35.3 Å². The molecule has 26 heavy (non-hydrogen) atoms. The Hall–Kier alpha value is -2.02. The third-order valence-corrected chi connectivity index (χ3v) is 5.12. The Bertz CT molecular complexity index is 892. The monoisotopic (exact) mass is 411 g/mol. The fourth-order valence-corrected chi connectivity index (χ4v) is 3.67. The first-order valence-corrected chi connectivity index (χ1v) is 9.00. The van der Waals surface area contributed by atoms with Crippen molar-refractivity contribution in [2.45, 2.75) is 6.61 Å². The van der Waals surface area contributed by atoms with Crippen molar-refractivity contribution >= 4 is 52.2 Å². The smallest absolute Gasteiger partial charge is 0.293 e. The van der Waals surface area contributed by atoms with Crippen molar-refractivity contribution < 1.29 is 18.7 Å². The summed E-state index contributed by atoms with van der Waals surface area (Å²) in [5.74, 6) is -0.409. The van der Waals surface area contributed by atoms with E-state index in [9.17, 15) is 14.0 Å². The van der Waals surface area contributed by atoms with Crippen LogP contribution in [0.15, 0.2) is 41.3 Å². The molecule has 1 heterocycles. The lowest BCUT2D eigenvalue weighted by molar-refractivity contribution is -0.121. The lowest BCUT2D eigenvalue weighted by Gasteiger charge is -2.11. The molecule has 0 radical (unpaired) electrons. The largest absolute Gasteiger partial charge is 0.486 e. The van der Waals surface area contributed by atoms with E-state index in [1.807, 2.05) is 0 Å². The zero-order chi connectivity index (χ0) is 18.8. The van der Waals surface area contributed by atoms with Gasteiger partial charge in [0.15, 0.2) is 5.75 Å². The predicted molar refractivity (Wildman–Crippen MR) is 101 cm³/mol. The van der Waals surface area contributed by atoms with E-state index in [0.717, 1.165) is 22.2 Å². The van der Waals surface area contributed by atoms with Gasteiger partial charge in [-0.25, -0.2) is 4.39 Å². The average molecular weight is 412 g/mol. The maximum absolute atomic E-state index is 12.9. The molecule has 8 heteroatoms. The van der Waals surface area contributed by atoms with E-state index in [0.29, 0.717) is 16.2 Å². The minimum absolute atomic E-state index is 0.174. The van der Waals surface area contributed by atoms with E-state index in [1.165, 1.54) is 19.2 Å². The van der Waals surface area contributed by atoms with Crippen LogP contribution in [0.4, 0.5) is 9.18 Å². The third-order valence-electron chi connectivity index (χ3n) is 3.60. The van der Waals surface area contributed by atoms with Gasteiger partial charge < -0.3 is 4.74 Å². The first-order chi connectivity index (χ1) is 12.3. The second kappa shape index (κ2) is 7.70. The highest BCUT2D eigenvalue weighted by Gasteiger charge is 2.31. The fraction of sp³-hybridized carbons (Fsp3) is 0.111. The quantitative estimate of drug-likeness (QED) is 0.633. The highest BCUT2D eigenvalue weighted by Crippen LogP contribution is 2.37. The topological polar surface area (TPSA) is 46.6 Å². The SMILES string of the molecule is CN1C(=O)S/C(=C\c2cc(Cl)c(OCc3ccc(F)cc3)c(Cl)c2)C1=O. The number of halogens is 3. The molecule has 0 unspecified atom stereocenters. The van der Waals surface area contributed by atoms with Crippen LogP contribution in [-0.2, 0) is 11.4 Å². The zero-order valence-electron chi connectivity index (χ0n) is 13.5. The summed E-state index contributed by atoms with van der Waals surface area (Å²) in [6, 6.07) is 9.07. The summed E-state index contributed by atoms with van der Waals surface area (Å²) >= 11 is 13.3. The van der Waals surface area contributed by atoms with Gasteiger partial charge in [0.25, 0.3) is 11.1 Å². The molecule has 0 N–H and O–H groups in total. The molecule has 0 bridgehead atoms. The maximum Gasteiger partial charge on any atom is 0.293 e. The minimum atomic E-state index is -0.371. The molecule has 2 aromatic carbocycles. The van der Waals surface area contributed by atoms with Crippen LogP contribution >= 0.6 is 35.0 Å². The Morgan fingerprint density at radius 3 is 2.31 bits per heavy atom. The molecular formula is C18H12Cl2FNO3S. The molecule has 2 amide bonds. The standard InChI is InChI=1S/C18H12Cl2FNO3S/c1-22-17(23)15(26-18(22)24)8-11-6-13(19)16(14(20)7-11)25-9-10-2-4-12(21)5-3-10/h2-8H,9H2,1H3/b15-8-. The Balaban J connectivity index is 1.79. The number of ether oxygens (including phenoxy) is 1. The van der Waals surface area contributed by atoms with E-state index in [1.54, 1.807) is 30.3 Å². The van der Waals surface area contributed by atoms with Crippen LogP contribution in [0.3, 0.4) is 0 Å². The number of hydrogen-bond donors (Lipinski definition) is 0. The van der Waals surface area contributed by atoms with E-state index in [4.69, 9.17) is 27.9 Å². The summed E-state index contributed by atoms with van der Waals surface area (Å²) in [5.41, 5.74) is 1.34. The molecule has 134 valence electrons. The predicted octanol–water partition coefficient (Wildman–Crippen LogP) is 5.38. The molecule has 2 aromatic rings. The molecule has 0 aromatic heterocycles. The summed E-state index contributed by atoms with van der Waals surface area (Å²) in [6.07, 6.45) is 1.55. The normalized spacial score (nSPS) is 15.8. The Labute approximate surface area is 163 Å². The Morgan fingerprint density at radius 1 is 1.15 bits per heavy atom. The van der Waals surface area contributed by atoms with E-state index in [2.05, 4.69) is 0 Å². The van der Waals surface area contributed by atoms with Gasteiger partial charge in [-0.15, -0.1) is 0 Å². The van der Waals surface area contributed by atoms with Gasteiger partial charge in [-0.05, 0) is 53.2 Å². The third kappa shape index (κ3) is 4.03. The highest BCUT2D eigenvalue weighted by molar-refractivity contribution is 8.18. The Kier molecular flexibility index (Phi) is 5.55. The second-order valence-corrected chi connectivity index (χ2v) is 7.28. The number of imide groups is 1. The van der Waals surface area contributed by atoms with Crippen molar-refractivity contribution in [2.24, 2.45) is 0 Å². The molecule has 4 nitrogen and oxygen atoms in total. The van der Waals surface area contributed by atoms with E-state index >= 15 is 0 Å². The summed E-state index contributed by atoms with van der Waals surface area (Å²) in [6.45, 7) is 0.174. The van der Waals surface area contributed by atoms with Crippen LogP contribution in [-0.4, -0.2) is 23.1 Å². The van der Waals surface area contributed by atoms with Crippen molar-refractivity contribution in [2.75, 3.05) is 7.05 Å². The minimum Gasteiger partial charge on any atom is -0.486 e. The molecule has 0 atom stereocenters. The van der Waals surface area contributed by atoms with Gasteiger partial charge in [0, 0.05) is 7.05 Å². The molecule has 3 rings (SSSR count). The molecule has 1 aliphatic heterocycles. The fourth-order valence-electron chi connectivity index (χ4n) is 2.23. The number of hydrogen-bond acceptors (Lipinski definition) is 4. The first-order valence-electron chi connectivity index (χ1n) is 7.43.